The zero-order valence-corrected chi connectivity index (χ0v) is 13.0. The van der Waals surface area contributed by atoms with Gasteiger partial charge in [0.05, 0.1) is 0 Å². The number of thioether (sulfide) groups is 1. The number of urea groups is 1. The van der Waals surface area contributed by atoms with E-state index in [-0.39, 0.29) is 11.7 Å². The molecule has 10 heteroatoms. The first-order chi connectivity index (χ1) is 11.3. The quantitative estimate of drug-likeness (QED) is 0.460. The summed E-state index contributed by atoms with van der Waals surface area (Å²) < 4.78 is 54.0. The Morgan fingerprint density at radius 2 is 1.96 bits per heavy atom. The number of alkyl halides is 3. The van der Waals surface area contributed by atoms with Crippen molar-refractivity contribution in [3.8, 4) is 0 Å². The molecule has 2 rings (SSSR count). The second-order valence-corrected chi connectivity index (χ2v) is 5.78. The van der Waals surface area contributed by atoms with Gasteiger partial charge in [-0.25, -0.2) is 9.18 Å². The molecule has 1 heterocycles. The van der Waals surface area contributed by atoms with E-state index in [0.29, 0.717) is 24.8 Å². The number of hydrogen-bond donors (Lipinski definition) is 2. The van der Waals surface area contributed by atoms with E-state index >= 15 is 0 Å². The molecule has 130 valence electrons. The number of anilines is 1. The zero-order chi connectivity index (χ0) is 17.6. The first-order valence-corrected chi connectivity index (χ1v) is 7.80. The van der Waals surface area contributed by atoms with Crippen LogP contribution in [0.4, 0.5) is 28.2 Å². The summed E-state index contributed by atoms with van der Waals surface area (Å²) >= 11 is 1.50. The van der Waals surface area contributed by atoms with Gasteiger partial charge in [0.25, 0.3) is 0 Å². The third-order valence-corrected chi connectivity index (χ3v) is 3.82. The fraction of sp³-hybridized carbons (Fsp3) is 0.286. The van der Waals surface area contributed by atoms with Gasteiger partial charge in [0, 0.05) is 17.5 Å². The second kappa shape index (κ2) is 8.04. The first kappa shape index (κ1) is 18.1. The van der Waals surface area contributed by atoms with E-state index in [0.717, 1.165) is 4.90 Å². The van der Waals surface area contributed by atoms with Crippen LogP contribution in [0.25, 0.3) is 0 Å². The minimum atomic E-state index is -4.63. The largest absolute Gasteiger partial charge is 0.436 e. The van der Waals surface area contributed by atoms with Crippen LogP contribution >= 0.6 is 11.8 Å². The van der Waals surface area contributed by atoms with Crippen molar-refractivity contribution in [1.29, 1.82) is 0 Å². The summed E-state index contributed by atoms with van der Waals surface area (Å²) in [5.41, 5.74) is -1.21. The third kappa shape index (κ3) is 5.76. The van der Waals surface area contributed by atoms with Crippen LogP contribution in [0.2, 0.25) is 0 Å². The predicted octanol–water partition coefficient (Wildman–Crippen LogP) is 4.14. The molecule has 0 spiro atoms. The lowest BCUT2D eigenvalue weighted by Gasteiger charge is -2.05. The molecule has 2 N–H and O–H groups in total. The van der Waals surface area contributed by atoms with E-state index in [1.165, 1.54) is 23.9 Å². The summed E-state index contributed by atoms with van der Waals surface area (Å²) in [6, 6.07) is 5.95. The van der Waals surface area contributed by atoms with Crippen LogP contribution in [-0.2, 0) is 6.18 Å². The number of nitrogens with one attached hydrogen (secondary N) is 2. The number of halogens is 4. The van der Waals surface area contributed by atoms with Gasteiger partial charge in [-0.15, -0.1) is 11.8 Å². The molecule has 5 nitrogen and oxygen atoms in total. The topological polar surface area (TPSA) is 67.2 Å². The monoisotopic (exact) mass is 363 g/mol. The van der Waals surface area contributed by atoms with Crippen LogP contribution in [0, 0.1) is 5.82 Å². The van der Waals surface area contributed by atoms with Gasteiger partial charge in [0.2, 0.25) is 5.88 Å². The summed E-state index contributed by atoms with van der Waals surface area (Å²) in [5, 5.41) is 7.42. The zero-order valence-electron chi connectivity index (χ0n) is 12.2. The predicted molar refractivity (Wildman–Crippen MR) is 80.3 cm³/mol. The standard InChI is InChI=1S/C14H13F4N3O2S/c15-9-2-4-10(5-3-9)24-7-1-6-19-13(22)20-12-8-11(21-23-12)14(16,17)18/h2-5,8H,1,6-7H2,(H2,19,20,22). The van der Waals surface area contributed by atoms with Crippen molar-refractivity contribution in [2.24, 2.45) is 0 Å². The van der Waals surface area contributed by atoms with Crippen molar-refractivity contribution in [1.82, 2.24) is 10.5 Å². The normalized spacial score (nSPS) is 11.3. The van der Waals surface area contributed by atoms with Crippen molar-refractivity contribution < 1.29 is 26.9 Å². The number of benzene rings is 1. The minimum absolute atomic E-state index is 0.307. The molecule has 2 amide bonds. The number of carbonyl (C=O) groups excluding carboxylic acids is 1. The van der Waals surface area contributed by atoms with Crippen LogP contribution < -0.4 is 10.6 Å². The maximum atomic E-state index is 12.7. The lowest BCUT2D eigenvalue weighted by Crippen LogP contribution is -2.29. The molecule has 0 saturated carbocycles. The van der Waals surface area contributed by atoms with Gasteiger partial charge in [-0.1, -0.05) is 5.16 Å². The number of hydrogen-bond acceptors (Lipinski definition) is 4. The number of nitrogens with zero attached hydrogens (tertiary/aromatic N) is 1. The van der Waals surface area contributed by atoms with Gasteiger partial charge in [-0.05, 0) is 36.4 Å². The fourth-order valence-electron chi connectivity index (χ4n) is 1.62. The SMILES string of the molecule is O=C(NCCCSc1ccc(F)cc1)Nc1cc(C(F)(F)F)no1. The molecular weight excluding hydrogens is 350 g/mol. The Morgan fingerprint density at radius 3 is 2.58 bits per heavy atom. The van der Waals surface area contributed by atoms with E-state index in [4.69, 9.17) is 0 Å². The molecule has 0 aliphatic rings. The molecule has 1 aromatic carbocycles. The molecule has 0 radical (unpaired) electrons. The molecule has 0 aliphatic heterocycles. The molecule has 0 atom stereocenters. The number of aromatic nitrogens is 1. The molecule has 0 fully saturated rings. The highest BCUT2D eigenvalue weighted by Gasteiger charge is 2.35. The Hall–Kier alpha value is -2.23. The molecular formula is C14H13F4N3O2S. The van der Waals surface area contributed by atoms with E-state index in [9.17, 15) is 22.4 Å². The molecule has 1 aromatic heterocycles. The minimum Gasteiger partial charge on any atom is -0.338 e. The second-order valence-electron chi connectivity index (χ2n) is 4.61. The van der Waals surface area contributed by atoms with Gasteiger partial charge in [-0.3, -0.25) is 5.32 Å². The first-order valence-electron chi connectivity index (χ1n) is 6.82. The molecule has 24 heavy (non-hydrogen) atoms. The summed E-state index contributed by atoms with van der Waals surface area (Å²) in [5.74, 6) is -0.00815. The van der Waals surface area contributed by atoms with E-state index in [2.05, 4.69) is 20.3 Å². The highest BCUT2D eigenvalue weighted by atomic mass is 32.2. The van der Waals surface area contributed by atoms with Crippen molar-refractivity contribution >= 4 is 23.7 Å². The van der Waals surface area contributed by atoms with E-state index in [1.54, 1.807) is 12.1 Å². The molecule has 0 unspecified atom stereocenters. The van der Waals surface area contributed by atoms with Gasteiger partial charge in [0.15, 0.2) is 5.69 Å². The van der Waals surface area contributed by atoms with Crippen LogP contribution in [0.15, 0.2) is 39.8 Å². The number of amides is 2. The van der Waals surface area contributed by atoms with Gasteiger partial charge in [0.1, 0.15) is 5.82 Å². The highest BCUT2D eigenvalue weighted by Crippen LogP contribution is 2.29. The van der Waals surface area contributed by atoms with Crippen molar-refractivity contribution in [2.45, 2.75) is 17.5 Å². The van der Waals surface area contributed by atoms with Gasteiger partial charge in [-0.2, -0.15) is 13.2 Å². The Balaban J connectivity index is 1.64. The maximum absolute atomic E-state index is 12.7. The lowest BCUT2D eigenvalue weighted by atomic mass is 10.4. The highest BCUT2D eigenvalue weighted by molar-refractivity contribution is 7.99. The molecule has 0 aliphatic carbocycles. The molecule has 2 aromatic rings. The Kier molecular flexibility index (Phi) is 6.07. The number of carbonyl (C=O) groups is 1. The lowest BCUT2D eigenvalue weighted by molar-refractivity contribution is -0.142. The summed E-state index contributed by atoms with van der Waals surface area (Å²) in [4.78, 5) is 12.4. The van der Waals surface area contributed by atoms with Gasteiger partial charge < -0.3 is 9.84 Å². The van der Waals surface area contributed by atoms with Crippen molar-refractivity contribution in [2.75, 3.05) is 17.6 Å². The molecule has 0 bridgehead atoms. The Bertz CT molecular complexity index is 673. The van der Waals surface area contributed by atoms with Crippen molar-refractivity contribution in [3.63, 3.8) is 0 Å². The average molecular weight is 363 g/mol. The summed E-state index contributed by atoms with van der Waals surface area (Å²) in [6.07, 6.45) is -4.00. The van der Waals surface area contributed by atoms with Crippen LogP contribution in [-0.4, -0.2) is 23.5 Å². The van der Waals surface area contributed by atoms with E-state index < -0.39 is 17.9 Å². The third-order valence-electron chi connectivity index (χ3n) is 2.73. The average Bonchev–Trinajstić information content (AvgIpc) is 2.97. The number of rotatable bonds is 6. The Labute approximate surface area is 138 Å². The van der Waals surface area contributed by atoms with Gasteiger partial charge >= 0.3 is 12.2 Å². The summed E-state index contributed by atoms with van der Waals surface area (Å²) in [7, 11) is 0. The van der Waals surface area contributed by atoms with Crippen LogP contribution in [0.5, 0.6) is 0 Å². The smallest absolute Gasteiger partial charge is 0.338 e. The maximum Gasteiger partial charge on any atom is 0.436 e. The fourth-order valence-corrected chi connectivity index (χ4v) is 2.47. The summed E-state index contributed by atoms with van der Waals surface area (Å²) in [6.45, 7) is 0.320. The van der Waals surface area contributed by atoms with Crippen LogP contribution in [0.1, 0.15) is 12.1 Å². The molecule has 0 saturated heterocycles. The van der Waals surface area contributed by atoms with Crippen molar-refractivity contribution in [3.05, 3.63) is 41.8 Å². The van der Waals surface area contributed by atoms with Crippen LogP contribution in [0.3, 0.4) is 0 Å². The van der Waals surface area contributed by atoms with E-state index in [1.807, 2.05) is 0 Å². The Morgan fingerprint density at radius 1 is 1.25 bits per heavy atom.